The van der Waals surface area contributed by atoms with Gasteiger partial charge in [-0.3, -0.25) is 10.1 Å². The number of amides is 1. The molecule has 2 aliphatic heterocycles. The second-order valence-electron chi connectivity index (χ2n) is 4.97. The lowest BCUT2D eigenvalue weighted by atomic mass is 10.1. The van der Waals surface area contributed by atoms with E-state index in [9.17, 15) is 9.18 Å². The number of nitrogens with zero attached hydrogens (tertiary/aromatic N) is 1. The van der Waals surface area contributed by atoms with Crippen LogP contribution in [0.1, 0.15) is 11.7 Å². The molecule has 2 saturated heterocycles. The fourth-order valence-corrected chi connectivity index (χ4v) is 3.47. The number of rotatable bonds is 2. The summed E-state index contributed by atoms with van der Waals surface area (Å²) in [5, 5.41) is 3.19. The van der Waals surface area contributed by atoms with Crippen LogP contribution in [0.4, 0.5) is 4.39 Å². The standard InChI is InChI=1S/C14H17FN2O2S.ClH/c15-11-3-1-2-10(6-11)13-7-17(4-5-19-13)14(18)12-8-20-9-16-12;/h1-3,6,12-13,16H,4-5,7-9H2;1H. The quantitative estimate of drug-likeness (QED) is 0.897. The predicted molar refractivity (Wildman–Crippen MR) is 83.2 cm³/mol. The van der Waals surface area contributed by atoms with Crippen molar-refractivity contribution in [3.8, 4) is 0 Å². The number of carbonyl (C=O) groups excluding carboxylic acids is 1. The van der Waals surface area contributed by atoms with Crippen LogP contribution >= 0.6 is 24.2 Å². The fourth-order valence-electron chi connectivity index (χ4n) is 2.53. The highest BCUT2D eigenvalue weighted by Gasteiger charge is 2.31. The molecule has 4 nitrogen and oxygen atoms in total. The lowest BCUT2D eigenvalue weighted by Crippen LogP contribution is -2.50. The van der Waals surface area contributed by atoms with Gasteiger partial charge in [0.05, 0.1) is 19.2 Å². The first kappa shape index (κ1) is 16.5. The summed E-state index contributed by atoms with van der Waals surface area (Å²) < 4.78 is 19.0. The number of nitrogens with one attached hydrogen (secondary N) is 1. The minimum absolute atomic E-state index is 0. The molecule has 1 aromatic rings. The molecule has 0 bridgehead atoms. The third-order valence-corrected chi connectivity index (χ3v) is 4.55. The monoisotopic (exact) mass is 332 g/mol. The molecule has 1 amide bonds. The molecule has 0 aliphatic carbocycles. The largest absolute Gasteiger partial charge is 0.370 e. The highest BCUT2D eigenvalue weighted by atomic mass is 35.5. The topological polar surface area (TPSA) is 41.6 Å². The van der Waals surface area contributed by atoms with Crippen molar-refractivity contribution in [2.45, 2.75) is 12.1 Å². The predicted octanol–water partition coefficient (Wildman–Crippen LogP) is 1.81. The Balaban J connectivity index is 0.00000161. The number of hydrogen-bond donors (Lipinski definition) is 1. The number of hydrogen-bond acceptors (Lipinski definition) is 4. The zero-order chi connectivity index (χ0) is 13.9. The van der Waals surface area contributed by atoms with Crippen LogP contribution < -0.4 is 5.32 Å². The number of benzene rings is 1. The maximum atomic E-state index is 13.3. The summed E-state index contributed by atoms with van der Waals surface area (Å²) in [5.41, 5.74) is 0.788. The molecule has 2 fully saturated rings. The SMILES string of the molecule is Cl.O=C(C1CSCN1)N1CCOC(c2cccc(F)c2)C1. The maximum Gasteiger partial charge on any atom is 0.240 e. The molecular formula is C14H18ClFN2O2S. The molecule has 7 heteroatoms. The van der Waals surface area contributed by atoms with Crippen LogP contribution in [0.25, 0.3) is 0 Å². The second kappa shape index (κ2) is 7.45. The maximum absolute atomic E-state index is 13.3. The van der Waals surface area contributed by atoms with E-state index in [1.807, 2.05) is 11.0 Å². The van der Waals surface area contributed by atoms with Crippen LogP contribution in [-0.2, 0) is 9.53 Å². The van der Waals surface area contributed by atoms with E-state index in [4.69, 9.17) is 4.74 Å². The van der Waals surface area contributed by atoms with Gasteiger partial charge in [-0.15, -0.1) is 24.2 Å². The molecule has 0 spiro atoms. The van der Waals surface area contributed by atoms with Crippen molar-refractivity contribution in [2.24, 2.45) is 0 Å². The smallest absolute Gasteiger partial charge is 0.240 e. The molecule has 1 N–H and O–H groups in total. The average Bonchev–Trinajstić information content (AvgIpc) is 3.01. The van der Waals surface area contributed by atoms with Gasteiger partial charge in [0.2, 0.25) is 5.91 Å². The van der Waals surface area contributed by atoms with Gasteiger partial charge in [0.15, 0.2) is 0 Å². The summed E-state index contributed by atoms with van der Waals surface area (Å²) in [6, 6.07) is 6.30. The van der Waals surface area contributed by atoms with Crippen molar-refractivity contribution in [3.05, 3.63) is 35.6 Å². The molecular weight excluding hydrogens is 315 g/mol. The van der Waals surface area contributed by atoms with Gasteiger partial charge < -0.3 is 9.64 Å². The van der Waals surface area contributed by atoms with Crippen LogP contribution in [0.2, 0.25) is 0 Å². The van der Waals surface area contributed by atoms with Crippen molar-refractivity contribution < 1.29 is 13.9 Å². The van der Waals surface area contributed by atoms with Gasteiger partial charge in [-0.25, -0.2) is 4.39 Å². The molecule has 1 aromatic carbocycles. The first-order valence-electron chi connectivity index (χ1n) is 6.71. The normalized spacial score (nSPS) is 25.5. The third-order valence-electron chi connectivity index (χ3n) is 3.61. The van der Waals surface area contributed by atoms with E-state index in [0.29, 0.717) is 19.7 Å². The number of thioether (sulfide) groups is 1. The molecule has 116 valence electrons. The number of morpholine rings is 1. The van der Waals surface area contributed by atoms with Crippen LogP contribution in [-0.4, -0.2) is 48.2 Å². The zero-order valence-electron chi connectivity index (χ0n) is 11.5. The van der Waals surface area contributed by atoms with Gasteiger partial charge in [-0.1, -0.05) is 12.1 Å². The fraction of sp³-hybridized carbons (Fsp3) is 0.500. The van der Waals surface area contributed by atoms with E-state index >= 15 is 0 Å². The van der Waals surface area contributed by atoms with E-state index in [1.54, 1.807) is 17.8 Å². The van der Waals surface area contributed by atoms with Gasteiger partial charge in [-0.05, 0) is 17.7 Å². The Bertz CT molecular complexity index is 500. The molecule has 2 aliphatic rings. The number of ether oxygens (including phenoxy) is 1. The number of halogens is 2. The minimum atomic E-state index is -0.275. The van der Waals surface area contributed by atoms with Crippen molar-refractivity contribution in [3.63, 3.8) is 0 Å². The molecule has 0 aromatic heterocycles. The summed E-state index contributed by atoms with van der Waals surface area (Å²) >= 11 is 1.73. The lowest BCUT2D eigenvalue weighted by molar-refractivity contribution is -0.140. The molecule has 2 heterocycles. The molecule has 21 heavy (non-hydrogen) atoms. The molecule has 0 saturated carbocycles. The van der Waals surface area contributed by atoms with E-state index in [0.717, 1.165) is 17.2 Å². The van der Waals surface area contributed by atoms with Crippen LogP contribution in [0.3, 0.4) is 0 Å². The van der Waals surface area contributed by atoms with E-state index in [2.05, 4.69) is 5.32 Å². The van der Waals surface area contributed by atoms with Gasteiger partial charge in [-0.2, -0.15) is 0 Å². The Kier molecular flexibility index (Phi) is 5.87. The summed E-state index contributed by atoms with van der Waals surface area (Å²) in [7, 11) is 0. The molecule has 3 rings (SSSR count). The van der Waals surface area contributed by atoms with Gasteiger partial charge in [0.25, 0.3) is 0 Å². The minimum Gasteiger partial charge on any atom is -0.370 e. The van der Waals surface area contributed by atoms with E-state index in [-0.39, 0.29) is 36.3 Å². The Morgan fingerprint density at radius 2 is 2.33 bits per heavy atom. The first-order chi connectivity index (χ1) is 9.74. The Morgan fingerprint density at radius 1 is 1.48 bits per heavy atom. The van der Waals surface area contributed by atoms with Crippen LogP contribution in [0.15, 0.2) is 24.3 Å². The number of carbonyl (C=O) groups is 1. The Morgan fingerprint density at radius 3 is 3.05 bits per heavy atom. The highest BCUT2D eigenvalue weighted by Crippen LogP contribution is 2.24. The van der Waals surface area contributed by atoms with E-state index < -0.39 is 0 Å². The van der Waals surface area contributed by atoms with Crippen molar-refractivity contribution in [1.82, 2.24) is 10.2 Å². The van der Waals surface area contributed by atoms with Crippen LogP contribution in [0, 0.1) is 5.82 Å². The summed E-state index contributed by atoms with van der Waals surface area (Å²) in [6.45, 7) is 1.59. The van der Waals surface area contributed by atoms with Gasteiger partial charge in [0, 0.05) is 18.2 Å². The molecule has 2 atom stereocenters. The zero-order valence-corrected chi connectivity index (χ0v) is 13.1. The average molecular weight is 333 g/mol. The Hall–Kier alpha value is -0.820. The van der Waals surface area contributed by atoms with Crippen molar-refractivity contribution in [2.75, 3.05) is 31.3 Å². The van der Waals surface area contributed by atoms with Gasteiger partial charge in [0.1, 0.15) is 11.9 Å². The first-order valence-corrected chi connectivity index (χ1v) is 7.86. The molecule has 0 radical (unpaired) electrons. The van der Waals surface area contributed by atoms with Gasteiger partial charge >= 0.3 is 0 Å². The Labute approximate surface area is 133 Å². The summed E-state index contributed by atoms with van der Waals surface area (Å²) in [6.07, 6.45) is -0.238. The van der Waals surface area contributed by atoms with E-state index in [1.165, 1.54) is 12.1 Å². The second-order valence-corrected chi connectivity index (χ2v) is 6.00. The van der Waals surface area contributed by atoms with Crippen molar-refractivity contribution >= 4 is 30.1 Å². The van der Waals surface area contributed by atoms with Crippen molar-refractivity contribution in [1.29, 1.82) is 0 Å². The summed E-state index contributed by atoms with van der Waals surface area (Å²) in [4.78, 5) is 14.2. The van der Waals surface area contributed by atoms with Crippen LogP contribution in [0.5, 0.6) is 0 Å². The third kappa shape index (κ3) is 3.88. The summed E-state index contributed by atoms with van der Waals surface area (Å²) in [5.74, 6) is 1.50. The molecule has 2 unspecified atom stereocenters. The highest BCUT2D eigenvalue weighted by molar-refractivity contribution is 7.99. The lowest BCUT2D eigenvalue weighted by Gasteiger charge is -2.34.